The number of nitrogens with zero attached hydrogens (tertiary/aromatic N) is 2. The van der Waals surface area contributed by atoms with Crippen LogP contribution in [0.1, 0.15) is 31.7 Å². The molecular formula is C21H26N2O. The number of hydrogen-bond donors (Lipinski definition) is 0. The first-order valence-corrected chi connectivity index (χ1v) is 8.63. The van der Waals surface area contributed by atoms with Crippen molar-refractivity contribution in [3.05, 3.63) is 72.6 Å². The average molecular weight is 322 g/mol. The summed E-state index contributed by atoms with van der Waals surface area (Å²) < 4.78 is 6.01. The van der Waals surface area contributed by atoms with E-state index >= 15 is 0 Å². The Bertz CT molecular complexity index is 664. The van der Waals surface area contributed by atoms with Gasteiger partial charge in [-0.05, 0) is 37.8 Å². The Morgan fingerprint density at radius 1 is 1.25 bits per heavy atom. The number of rotatable bonds is 4. The molecule has 0 unspecified atom stereocenters. The van der Waals surface area contributed by atoms with Gasteiger partial charge in [-0.25, -0.2) is 4.99 Å². The van der Waals surface area contributed by atoms with Crippen LogP contribution in [0.25, 0.3) is 0 Å². The Labute approximate surface area is 145 Å². The summed E-state index contributed by atoms with van der Waals surface area (Å²) in [5.74, 6) is 0.832. The molecule has 3 nitrogen and oxygen atoms in total. The van der Waals surface area contributed by atoms with E-state index in [9.17, 15) is 0 Å². The Morgan fingerprint density at radius 2 is 1.96 bits per heavy atom. The van der Waals surface area contributed by atoms with Crippen LogP contribution in [0.4, 0.5) is 0 Å². The average Bonchev–Trinajstić information content (AvgIpc) is 2.96. The lowest BCUT2D eigenvalue weighted by Crippen LogP contribution is -2.43. The second-order valence-electron chi connectivity index (χ2n) is 6.66. The maximum absolute atomic E-state index is 6.01. The van der Waals surface area contributed by atoms with Crippen LogP contribution >= 0.6 is 0 Å². The van der Waals surface area contributed by atoms with Gasteiger partial charge in [0, 0.05) is 18.7 Å². The van der Waals surface area contributed by atoms with Crippen molar-refractivity contribution in [1.29, 1.82) is 0 Å². The van der Waals surface area contributed by atoms with Crippen molar-refractivity contribution in [2.45, 2.75) is 31.8 Å². The minimum atomic E-state index is 0.0170. The van der Waals surface area contributed by atoms with Crippen molar-refractivity contribution >= 4 is 5.71 Å². The van der Waals surface area contributed by atoms with Crippen molar-refractivity contribution in [3.8, 4) is 0 Å². The minimum Gasteiger partial charge on any atom is -0.370 e. The van der Waals surface area contributed by atoms with Gasteiger partial charge < -0.3 is 9.64 Å². The molecule has 0 atom stereocenters. The standard InChI is InChI=1S/C21H26N2O/c1-4-8-20(19-9-6-5-7-10-19)22-18(3)23-13-11-21(12-14-23)15-17(2)16-24-21/h4-10H,2-3,11-16H2,1H3/b8-4-,22-20+. The van der Waals surface area contributed by atoms with E-state index in [2.05, 4.69) is 30.2 Å². The molecule has 2 heterocycles. The maximum Gasteiger partial charge on any atom is 0.121 e. The van der Waals surface area contributed by atoms with E-state index in [1.54, 1.807) is 0 Å². The monoisotopic (exact) mass is 322 g/mol. The van der Waals surface area contributed by atoms with Crippen LogP contribution in [-0.2, 0) is 4.74 Å². The second kappa shape index (κ2) is 7.18. The van der Waals surface area contributed by atoms with Gasteiger partial charge in [-0.2, -0.15) is 0 Å². The molecular weight excluding hydrogens is 296 g/mol. The zero-order chi connectivity index (χ0) is 17.0. The van der Waals surface area contributed by atoms with Gasteiger partial charge in [0.25, 0.3) is 0 Å². The Hall–Kier alpha value is -2.13. The van der Waals surface area contributed by atoms with Crippen molar-refractivity contribution in [2.24, 2.45) is 4.99 Å². The molecule has 2 aliphatic rings. The fourth-order valence-corrected chi connectivity index (χ4v) is 3.48. The van der Waals surface area contributed by atoms with Gasteiger partial charge in [0.1, 0.15) is 5.82 Å². The van der Waals surface area contributed by atoms with Gasteiger partial charge >= 0.3 is 0 Å². The lowest BCUT2D eigenvalue weighted by atomic mass is 9.87. The van der Waals surface area contributed by atoms with Crippen LogP contribution in [0.15, 0.2) is 72.0 Å². The Morgan fingerprint density at radius 3 is 2.54 bits per heavy atom. The predicted octanol–water partition coefficient (Wildman–Crippen LogP) is 4.33. The molecule has 3 rings (SSSR count). The van der Waals surface area contributed by atoms with E-state index in [4.69, 9.17) is 9.73 Å². The van der Waals surface area contributed by atoms with E-state index in [0.29, 0.717) is 0 Å². The number of benzene rings is 1. The quantitative estimate of drug-likeness (QED) is 0.609. The number of ether oxygens (including phenoxy) is 1. The van der Waals surface area contributed by atoms with E-state index in [1.165, 1.54) is 5.57 Å². The van der Waals surface area contributed by atoms with Gasteiger partial charge in [-0.3, -0.25) is 0 Å². The highest BCUT2D eigenvalue weighted by atomic mass is 16.5. The SMILES string of the molecule is C=C1COC2(CCN(C(=C)/N=C(\C=C/C)c3ccccc3)CC2)C1. The third-order valence-corrected chi connectivity index (χ3v) is 4.84. The van der Waals surface area contributed by atoms with E-state index in [0.717, 1.165) is 56.1 Å². The molecule has 0 aromatic heterocycles. The molecule has 0 saturated carbocycles. The third kappa shape index (κ3) is 3.68. The summed E-state index contributed by atoms with van der Waals surface area (Å²) in [6.07, 6.45) is 7.10. The molecule has 24 heavy (non-hydrogen) atoms. The Balaban J connectivity index is 1.69. The number of hydrogen-bond acceptors (Lipinski definition) is 3. The molecule has 0 aliphatic carbocycles. The molecule has 0 amide bonds. The lowest BCUT2D eigenvalue weighted by Gasteiger charge is -2.39. The zero-order valence-electron chi connectivity index (χ0n) is 14.5. The van der Waals surface area contributed by atoms with Crippen LogP contribution < -0.4 is 0 Å². The molecule has 1 spiro atoms. The van der Waals surface area contributed by atoms with Crippen LogP contribution in [0.3, 0.4) is 0 Å². The summed E-state index contributed by atoms with van der Waals surface area (Å²) in [5, 5.41) is 0. The molecule has 3 heteroatoms. The largest absolute Gasteiger partial charge is 0.370 e. The van der Waals surface area contributed by atoms with Crippen LogP contribution in [0, 0.1) is 0 Å². The molecule has 2 aliphatic heterocycles. The fourth-order valence-electron chi connectivity index (χ4n) is 3.48. The summed E-state index contributed by atoms with van der Waals surface area (Å²) in [5.41, 5.74) is 3.30. The number of piperidine rings is 1. The van der Waals surface area contributed by atoms with Crippen LogP contribution in [-0.4, -0.2) is 35.9 Å². The molecule has 2 fully saturated rings. The molecule has 0 N–H and O–H groups in total. The fraction of sp³-hybridized carbons (Fsp3) is 0.381. The summed E-state index contributed by atoms with van der Waals surface area (Å²) in [6.45, 7) is 12.9. The highest BCUT2D eigenvalue weighted by molar-refractivity contribution is 6.09. The van der Waals surface area contributed by atoms with E-state index in [1.807, 2.05) is 37.3 Å². The highest BCUT2D eigenvalue weighted by Crippen LogP contribution is 2.38. The van der Waals surface area contributed by atoms with Crippen LogP contribution in [0.5, 0.6) is 0 Å². The third-order valence-electron chi connectivity index (χ3n) is 4.84. The Kier molecular flexibility index (Phi) is 5.00. The number of aliphatic imine (C=N–C) groups is 1. The van der Waals surface area contributed by atoms with Gasteiger partial charge in [-0.15, -0.1) is 0 Å². The highest BCUT2D eigenvalue weighted by Gasteiger charge is 2.40. The first-order chi connectivity index (χ1) is 11.6. The molecule has 0 bridgehead atoms. The number of allylic oxidation sites excluding steroid dienone is 2. The van der Waals surface area contributed by atoms with Gasteiger partial charge in [-0.1, -0.05) is 49.6 Å². The first kappa shape index (κ1) is 16.7. The molecule has 0 radical (unpaired) electrons. The summed E-state index contributed by atoms with van der Waals surface area (Å²) in [4.78, 5) is 7.06. The van der Waals surface area contributed by atoms with Crippen molar-refractivity contribution in [3.63, 3.8) is 0 Å². The second-order valence-corrected chi connectivity index (χ2v) is 6.66. The van der Waals surface area contributed by atoms with Crippen LogP contribution in [0.2, 0.25) is 0 Å². The molecule has 126 valence electrons. The predicted molar refractivity (Wildman–Crippen MR) is 100 cm³/mol. The summed E-state index contributed by atoms with van der Waals surface area (Å²) in [7, 11) is 0. The zero-order valence-corrected chi connectivity index (χ0v) is 14.5. The van der Waals surface area contributed by atoms with Crippen molar-refractivity contribution in [1.82, 2.24) is 4.90 Å². The summed E-state index contributed by atoms with van der Waals surface area (Å²) >= 11 is 0. The summed E-state index contributed by atoms with van der Waals surface area (Å²) in [6, 6.07) is 10.2. The molecule has 2 saturated heterocycles. The van der Waals surface area contributed by atoms with Gasteiger partial charge in [0.2, 0.25) is 0 Å². The topological polar surface area (TPSA) is 24.8 Å². The minimum absolute atomic E-state index is 0.0170. The molecule has 1 aromatic rings. The van der Waals surface area contributed by atoms with Gasteiger partial charge in [0.15, 0.2) is 0 Å². The van der Waals surface area contributed by atoms with Crippen molar-refractivity contribution < 1.29 is 4.74 Å². The van der Waals surface area contributed by atoms with E-state index < -0.39 is 0 Å². The molecule has 1 aromatic carbocycles. The number of likely N-dealkylation sites (tertiary alicyclic amines) is 1. The normalized spacial score (nSPS) is 21.0. The first-order valence-electron chi connectivity index (χ1n) is 8.63. The maximum atomic E-state index is 6.01. The van der Waals surface area contributed by atoms with E-state index in [-0.39, 0.29) is 5.60 Å². The lowest BCUT2D eigenvalue weighted by molar-refractivity contribution is -0.0375. The smallest absolute Gasteiger partial charge is 0.121 e. The van der Waals surface area contributed by atoms with Gasteiger partial charge in [0.05, 0.1) is 17.9 Å². The van der Waals surface area contributed by atoms with Crippen molar-refractivity contribution in [2.75, 3.05) is 19.7 Å².